The molecule has 0 fully saturated rings. The van der Waals surface area contributed by atoms with E-state index >= 15 is 0 Å². The van der Waals surface area contributed by atoms with Gasteiger partial charge in [0, 0.05) is 12.4 Å². The highest BCUT2D eigenvalue weighted by Gasteiger charge is 2.37. The summed E-state index contributed by atoms with van der Waals surface area (Å²) in [6.45, 7) is 11.3. The van der Waals surface area contributed by atoms with E-state index in [1.807, 2.05) is 34.6 Å². The van der Waals surface area contributed by atoms with E-state index in [1.165, 1.54) is 18.2 Å². The van der Waals surface area contributed by atoms with Gasteiger partial charge in [-0.2, -0.15) is 0 Å². The second kappa shape index (κ2) is 11.4. The van der Waals surface area contributed by atoms with Crippen LogP contribution in [-0.4, -0.2) is 63.8 Å². The lowest BCUT2D eigenvalue weighted by Crippen LogP contribution is -2.33. The topological polar surface area (TPSA) is 118 Å². The van der Waals surface area contributed by atoms with Gasteiger partial charge in [-0.25, -0.2) is 22.8 Å². The first kappa shape index (κ1) is 28.1. The number of aromatic nitrogens is 5. The van der Waals surface area contributed by atoms with Crippen LogP contribution in [0.2, 0.25) is 0 Å². The van der Waals surface area contributed by atoms with Gasteiger partial charge in [0.25, 0.3) is 0 Å². The molecule has 4 rings (SSSR count). The summed E-state index contributed by atoms with van der Waals surface area (Å²) in [6, 6.07) is 3.72. The van der Waals surface area contributed by atoms with Crippen LogP contribution in [0.4, 0.5) is 4.39 Å². The van der Waals surface area contributed by atoms with Crippen LogP contribution in [0.5, 0.6) is 5.75 Å². The van der Waals surface area contributed by atoms with Crippen molar-refractivity contribution in [2.75, 3.05) is 13.2 Å². The van der Waals surface area contributed by atoms with Gasteiger partial charge >= 0.3 is 0 Å². The molecule has 1 aromatic carbocycles. The summed E-state index contributed by atoms with van der Waals surface area (Å²) in [4.78, 5) is 8.66. The summed E-state index contributed by atoms with van der Waals surface area (Å²) < 4.78 is 61.2. The number of hydrogen-bond acceptors (Lipinski definition) is 9. The molecule has 1 aliphatic heterocycles. The average molecular weight is 548 g/mol. The van der Waals surface area contributed by atoms with Crippen LogP contribution in [0.1, 0.15) is 64.0 Å². The summed E-state index contributed by atoms with van der Waals surface area (Å²) in [7, 11) is -3.86. The van der Waals surface area contributed by atoms with Crippen molar-refractivity contribution >= 4 is 9.84 Å². The van der Waals surface area contributed by atoms with E-state index in [4.69, 9.17) is 14.2 Å². The third-order valence-corrected chi connectivity index (χ3v) is 8.21. The molecule has 38 heavy (non-hydrogen) atoms. The Morgan fingerprint density at radius 3 is 2.47 bits per heavy atom. The molecule has 3 heterocycles. The first-order valence-corrected chi connectivity index (χ1v) is 14.3. The predicted octanol–water partition coefficient (Wildman–Crippen LogP) is 4.01. The molecule has 0 unspecified atom stereocenters. The van der Waals surface area contributed by atoms with E-state index in [1.54, 1.807) is 23.9 Å². The maximum absolute atomic E-state index is 14.2. The Bertz CT molecular complexity index is 1360. The van der Waals surface area contributed by atoms with Crippen molar-refractivity contribution in [3.05, 3.63) is 53.6 Å². The van der Waals surface area contributed by atoms with E-state index in [0.717, 1.165) is 5.56 Å². The summed E-state index contributed by atoms with van der Waals surface area (Å²) in [6.07, 6.45) is 2.06. The molecule has 0 aliphatic carbocycles. The van der Waals surface area contributed by atoms with Gasteiger partial charge in [0.2, 0.25) is 0 Å². The lowest BCUT2D eigenvalue weighted by molar-refractivity contribution is 0.00139. The molecule has 0 N–H and O–H groups in total. The zero-order chi connectivity index (χ0) is 27.6. The number of aryl methyl sites for hydroxylation is 1. The van der Waals surface area contributed by atoms with E-state index in [2.05, 4.69) is 20.2 Å². The first-order valence-electron chi connectivity index (χ1n) is 12.6. The summed E-state index contributed by atoms with van der Waals surface area (Å²) in [5.41, 5.74) is 1.25. The van der Waals surface area contributed by atoms with Crippen LogP contribution in [0, 0.1) is 12.7 Å². The van der Waals surface area contributed by atoms with Crippen LogP contribution in [-0.2, 0) is 25.1 Å². The third kappa shape index (κ3) is 6.19. The van der Waals surface area contributed by atoms with Crippen molar-refractivity contribution in [1.29, 1.82) is 0 Å². The number of sulfone groups is 1. The van der Waals surface area contributed by atoms with Crippen molar-refractivity contribution in [1.82, 2.24) is 24.7 Å². The van der Waals surface area contributed by atoms with Crippen LogP contribution < -0.4 is 4.74 Å². The van der Waals surface area contributed by atoms with Gasteiger partial charge in [-0.3, -0.25) is 0 Å². The van der Waals surface area contributed by atoms with Gasteiger partial charge in [0.05, 0.1) is 35.7 Å². The number of rotatable bonds is 10. The standard InChI is InChI=1S/C26H34FN5O5S/c1-15(2)35-12-20-13-36-22-8-7-19(27)9-21(22)26-31-30-23(32(20)26)14-38(33,34)18(6)24(37-16(3)4)25-28-10-17(5)11-29-25/h7-11,15-16,18,20,24H,12-14H2,1-6H3/t18-,20-,24+/m0/s1. The summed E-state index contributed by atoms with van der Waals surface area (Å²) in [5.74, 6) is 0.377. The largest absolute Gasteiger partial charge is 0.491 e. The number of nitrogens with zero attached hydrogens (tertiary/aromatic N) is 5. The van der Waals surface area contributed by atoms with Crippen LogP contribution in [0.3, 0.4) is 0 Å². The fourth-order valence-electron chi connectivity index (χ4n) is 4.20. The Hall–Kier alpha value is -2.96. The van der Waals surface area contributed by atoms with Gasteiger partial charge in [0.1, 0.15) is 35.9 Å². The molecule has 2 aromatic heterocycles. The van der Waals surface area contributed by atoms with Crippen LogP contribution in [0.15, 0.2) is 30.6 Å². The molecule has 1 aliphatic rings. The minimum Gasteiger partial charge on any atom is -0.491 e. The summed E-state index contributed by atoms with van der Waals surface area (Å²) in [5, 5.41) is 7.53. The molecular formula is C26H34FN5O5S. The van der Waals surface area contributed by atoms with Crippen molar-refractivity contribution in [2.24, 2.45) is 0 Å². The number of hydrogen-bond donors (Lipinski definition) is 0. The third-order valence-electron chi connectivity index (χ3n) is 6.16. The Morgan fingerprint density at radius 1 is 1.11 bits per heavy atom. The molecule has 3 atom stereocenters. The smallest absolute Gasteiger partial charge is 0.168 e. The number of fused-ring (bicyclic) bond motifs is 3. The number of ether oxygens (including phenoxy) is 3. The van der Waals surface area contributed by atoms with Gasteiger partial charge in [0.15, 0.2) is 21.5 Å². The Balaban J connectivity index is 1.72. The second-order valence-corrected chi connectivity index (χ2v) is 12.4. The Morgan fingerprint density at radius 2 is 1.82 bits per heavy atom. The van der Waals surface area contributed by atoms with Gasteiger partial charge in [-0.15, -0.1) is 10.2 Å². The highest BCUT2D eigenvalue weighted by atomic mass is 32.2. The minimum atomic E-state index is -3.86. The molecule has 0 bridgehead atoms. The maximum Gasteiger partial charge on any atom is 0.168 e. The SMILES string of the molecule is Cc1cnc([C@H](OC(C)C)[C@H](C)S(=O)(=O)Cc2nnc3n2[C@@H](COC(C)C)COc2ccc(F)cc2-3)nc1. The van der Waals surface area contributed by atoms with Crippen LogP contribution in [0.25, 0.3) is 11.4 Å². The summed E-state index contributed by atoms with van der Waals surface area (Å²) >= 11 is 0. The Kier molecular flexibility index (Phi) is 8.43. The molecule has 0 saturated heterocycles. The average Bonchev–Trinajstić information content (AvgIpc) is 3.18. The lowest BCUT2D eigenvalue weighted by atomic mass is 10.2. The van der Waals surface area contributed by atoms with Gasteiger partial charge < -0.3 is 18.8 Å². The number of halogens is 1. The highest BCUT2D eigenvalue weighted by Crippen LogP contribution is 2.36. The van der Waals surface area contributed by atoms with Crippen molar-refractivity contribution < 1.29 is 27.0 Å². The minimum absolute atomic E-state index is 0.0614. The van der Waals surface area contributed by atoms with E-state index in [9.17, 15) is 12.8 Å². The van der Waals surface area contributed by atoms with Crippen molar-refractivity contribution in [2.45, 2.75) is 76.9 Å². The first-order chi connectivity index (χ1) is 18.0. The monoisotopic (exact) mass is 547 g/mol. The number of benzene rings is 1. The lowest BCUT2D eigenvalue weighted by Gasteiger charge is -2.26. The van der Waals surface area contributed by atoms with Crippen LogP contribution >= 0.6 is 0 Å². The molecule has 206 valence electrons. The second-order valence-electron chi connectivity index (χ2n) is 10.0. The molecule has 0 radical (unpaired) electrons. The predicted molar refractivity (Wildman–Crippen MR) is 139 cm³/mol. The molecule has 3 aromatic rings. The molecule has 0 spiro atoms. The zero-order valence-electron chi connectivity index (χ0n) is 22.5. The highest BCUT2D eigenvalue weighted by molar-refractivity contribution is 7.91. The van der Waals surface area contributed by atoms with Crippen molar-refractivity contribution in [3.63, 3.8) is 0 Å². The van der Waals surface area contributed by atoms with Gasteiger partial charge in [-0.05, 0) is 65.3 Å². The van der Waals surface area contributed by atoms with Crippen molar-refractivity contribution in [3.8, 4) is 17.1 Å². The molecule has 10 nitrogen and oxygen atoms in total. The maximum atomic E-state index is 14.2. The van der Waals surface area contributed by atoms with E-state index in [-0.39, 0.29) is 31.2 Å². The fraction of sp³-hybridized carbons (Fsp3) is 0.538. The molecule has 12 heteroatoms. The fourth-order valence-corrected chi connectivity index (χ4v) is 5.58. The molecule has 0 amide bonds. The van der Waals surface area contributed by atoms with E-state index in [0.29, 0.717) is 23.0 Å². The zero-order valence-corrected chi connectivity index (χ0v) is 23.3. The van der Waals surface area contributed by atoms with Gasteiger partial charge in [-0.1, -0.05) is 0 Å². The molecular weight excluding hydrogens is 513 g/mol. The quantitative estimate of drug-likeness (QED) is 0.371. The normalized spacial score (nSPS) is 17.0. The molecule has 0 saturated carbocycles. The van der Waals surface area contributed by atoms with E-state index < -0.39 is 38.8 Å². The Labute approximate surface area is 222 Å².